The normalized spacial score (nSPS) is 11.0. The van der Waals surface area contributed by atoms with Gasteiger partial charge >= 0.3 is 0 Å². The highest BCUT2D eigenvalue weighted by Gasteiger charge is 2.10. The molecule has 3 aromatic rings. The van der Waals surface area contributed by atoms with E-state index in [0.29, 0.717) is 36.0 Å². The summed E-state index contributed by atoms with van der Waals surface area (Å²) >= 11 is 5.84. The van der Waals surface area contributed by atoms with Crippen LogP contribution in [0.5, 0.6) is 0 Å². The van der Waals surface area contributed by atoms with Crippen LogP contribution in [0.25, 0.3) is 5.78 Å². The summed E-state index contributed by atoms with van der Waals surface area (Å²) in [5.74, 6) is 1.16. The second-order valence-electron chi connectivity index (χ2n) is 5.68. The predicted molar refractivity (Wildman–Crippen MR) is 91.9 cm³/mol. The van der Waals surface area contributed by atoms with E-state index in [2.05, 4.69) is 20.4 Å². The van der Waals surface area contributed by atoms with Crippen molar-refractivity contribution in [2.24, 2.45) is 0 Å². The number of halogens is 1. The van der Waals surface area contributed by atoms with Gasteiger partial charge in [0.1, 0.15) is 0 Å². The van der Waals surface area contributed by atoms with Crippen LogP contribution in [0.1, 0.15) is 29.2 Å². The lowest BCUT2D eigenvalue weighted by atomic mass is 10.2. The van der Waals surface area contributed by atoms with Gasteiger partial charge in [-0.15, -0.1) is 5.10 Å². The van der Waals surface area contributed by atoms with E-state index >= 15 is 0 Å². The fourth-order valence-corrected chi connectivity index (χ4v) is 2.56. The van der Waals surface area contributed by atoms with Gasteiger partial charge < -0.3 is 5.32 Å². The van der Waals surface area contributed by atoms with Crippen LogP contribution in [0.2, 0.25) is 5.02 Å². The van der Waals surface area contributed by atoms with Gasteiger partial charge in [0.2, 0.25) is 5.91 Å². The summed E-state index contributed by atoms with van der Waals surface area (Å²) in [6, 6.07) is 9.35. The highest BCUT2D eigenvalue weighted by atomic mass is 35.5. The third kappa shape index (κ3) is 3.89. The van der Waals surface area contributed by atoms with E-state index < -0.39 is 0 Å². The molecule has 1 amide bonds. The van der Waals surface area contributed by atoms with Crippen molar-refractivity contribution in [1.29, 1.82) is 0 Å². The zero-order valence-corrected chi connectivity index (χ0v) is 14.3. The van der Waals surface area contributed by atoms with Gasteiger partial charge in [-0.05, 0) is 37.6 Å². The average Bonchev–Trinajstić information content (AvgIpc) is 2.95. The monoisotopic (exact) mass is 343 g/mol. The molecule has 0 aliphatic heterocycles. The number of nitrogens with zero attached hydrogens (tertiary/aromatic N) is 4. The van der Waals surface area contributed by atoms with E-state index in [9.17, 15) is 4.79 Å². The first kappa shape index (κ1) is 16.4. The largest absolute Gasteiger partial charge is 0.352 e. The van der Waals surface area contributed by atoms with Gasteiger partial charge in [0, 0.05) is 35.8 Å². The number of hydrogen-bond donors (Lipinski definition) is 1. The molecule has 7 heteroatoms. The average molecular weight is 344 g/mol. The number of amides is 1. The summed E-state index contributed by atoms with van der Waals surface area (Å²) in [4.78, 5) is 20.7. The Morgan fingerprint density at radius 2 is 1.96 bits per heavy atom. The molecular formula is C17H18ClN5O. The van der Waals surface area contributed by atoms with Gasteiger partial charge in [0.15, 0.2) is 5.82 Å². The number of benzene rings is 1. The van der Waals surface area contributed by atoms with Crippen molar-refractivity contribution < 1.29 is 4.79 Å². The van der Waals surface area contributed by atoms with Crippen LogP contribution in [-0.2, 0) is 17.8 Å². The molecule has 0 saturated heterocycles. The SMILES string of the molecule is Cc1cc(C)n2nc(CCC(=O)NCc3ccc(Cl)cc3)nc2n1. The molecule has 24 heavy (non-hydrogen) atoms. The molecule has 3 rings (SSSR count). The minimum absolute atomic E-state index is 0.0373. The minimum Gasteiger partial charge on any atom is -0.352 e. The van der Waals surface area contributed by atoms with E-state index in [1.54, 1.807) is 16.6 Å². The Kier molecular flexibility index (Phi) is 4.76. The van der Waals surface area contributed by atoms with Crippen LogP contribution in [-0.4, -0.2) is 25.5 Å². The molecule has 0 aliphatic rings. The highest BCUT2D eigenvalue weighted by Crippen LogP contribution is 2.09. The molecule has 0 spiro atoms. The third-order valence-corrected chi connectivity index (χ3v) is 3.89. The maximum absolute atomic E-state index is 12.0. The molecule has 1 N–H and O–H groups in total. The maximum Gasteiger partial charge on any atom is 0.252 e. The topological polar surface area (TPSA) is 72.2 Å². The number of hydrogen-bond acceptors (Lipinski definition) is 4. The summed E-state index contributed by atoms with van der Waals surface area (Å²) in [6.07, 6.45) is 0.816. The first-order valence-corrected chi connectivity index (χ1v) is 8.10. The molecule has 0 atom stereocenters. The molecule has 2 aromatic heterocycles. The molecule has 0 aliphatic carbocycles. The van der Waals surface area contributed by atoms with Crippen LogP contribution >= 0.6 is 11.6 Å². The first-order chi connectivity index (χ1) is 11.5. The summed E-state index contributed by atoms with van der Waals surface area (Å²) in [5.41, 5.74) is 2.89. The number of aryl methyl sites for hydroxylation is 3. The number of aromatic nitrogens is 4. The first-order valence-electron chi connectivity index (χ1n) is 7.72. The highest BCUT2D eigenvalue weighted by molar-refractivity contribution is 6.30. The molecule has 124 valence electrons. The number of carbonyl (C=O) groups excluding carboxylic acids is 1. The maximum atomic E-state index is 12.0. The Hall–Kier alpha value is -2.47. The van der Waals surface area contributed by atoms with Crippen LogP contribution in [0.15, 0.2) is 30.3 Å². The van der Waals surface area contributed by atoms with Crippen molar-refractivity contribution in [3.63, 3.8) is 0 Å². The number of nitrogens with one attached hydrogen (secondary N) is 1. The van der Waals surface area contributed by atoms with Crippen LogP contribution in [0.3, 0.4) is 0 Å². The molecule has 6 nitrogen and oxygen atoms in total. The van der Waals surface area contributed by atoms with E-state index in [1.807, 2.05) is 32.0 Å². The summed E-state index contributed by atoms with van der Waals surface area (Å²) in [6.45, 7) is 4.36. The predicted octanol–water partition coefficient (Wildman–Crippen LogP) is 2.64. The Bertz CT molecular complexity index is 873. The minimum atomic E-state index is -0.0373. The molecule has 0 bridgehead atoms. The van der Waals surface area contributed by atoms with Gasteiger partial charge in [0.05, 0.1) is 0 Å². The van der Waals surface area contributed by atoms with Gasteiger partial charge in [-0.2, -0.15) is 4.98 Å². The lowest BCUT2D eigenvalue weighted by Gasteiger charge is -2.04. The Balaban J connectivity index is 1.56. The molecule has 0 saturated carbocycles. The van der Waals surface area contributed by atoms with E-state index in [0.717, 1.165) is 17.0 Å². The molecule has 1 aromatic carbocycles. The summed E-state index contributed by atoms with van der Waals surface area (Å²) in [7, 11) is 0. The second-order valence-corrected chi connectivity index (χ2v) is 6.12. The fraction of sp³-hybridized carbons (Fsp3) is 0.294. The van der Waals surface area contributed by atoms with Crippen molar-refractivity contribution >= 4 is 23.3 Å². The molecule has 0 unspecified atom stereocenters. The van der Waals surface area contributed by atoms with Crippen molar-refractivity contribution in [1.82, 2.24) is 24.9 Å². The third-order valence-electron chi connectivity index (χ3n) is 3.64. The second kappa shape index (κ2) is 6.97. The molecule has 2 heterocycles. The van der Waals surface area contributed by atoms with E-state index in [-0.39, 0.29) is 5.91 Å². The van der Waals surface area contributed by atoms with E-state index in [4.69, 9.17) is 11.6 Å². The fourth-order valence-electron chi connectivity index (χ4n) is 2.43. The number of rotatable bonds is 5. The smallest absolute Gasteiger partial charge is 0.252 e. The van der Waals surface area contributed by atoms with Crippen molar-refractivity contribution in [3.05, 3.63) is 58.1 Å². The van der Waals surface area contributed by atoms with Gasteiger partial charge in [0.25, 0.3) is 5.78 Å². The number of carbonyl (C=O) groups is 1. The Labute approximate surface area is 144 Å². The van der Waals surface area contributed by atoms with Crippen molar-refractivity contribution in [2.75, 3.05) is 0 Å². The zero-order chi connectivity index (χ0) is 17.1. The standard InChI is InChI=1S/C17H18ClN5O/c1-11-9-12(2)23-17(20-11)21-15(22-23)7-8-16(24)19-10-13-3-5-14(18)6-4-13/h3-6,9H,7-8,10H2,1-2H3,(H,19,24). The molecule has 0 radical (unpaired) electrons. The van der Waals surface area contributed by atoms with Gasteiger partial charge in [-0.25, -0.2) is 9.50 Å². The lowest BCUT2D eigenvalue weighted by Crippen LogP contribution is -2.23. The summed E-state index contributed by atoms with van der Waals surface area (Å²) in [5, 5.41) is 7.97. The Morgan fingerprint density at radius 1 is 1.21 bits per heavy atom. The summed E-state index contributed by atoms with van der Waals surface area (Å²) < 4.78 is 1.70. The molecule has 0 fully saturated rings. The van der Waals surface area contributed by atoms with Gasteiger partial charge in [-0.3, -0.25) is 4.79 Å². The van der Waals surface area contributed by atoms with Crippen LogP contribution in [0.4, 0.5) is 0 Å². The van der Waals surface area contributed by atoms with Gasteiger partial charge in [-0.1, -0.05) is 23.7 Å². The quantitative estimate of drug-likeness (QED) is 0.773. The van der Waals surface area contributed by atoms with Crippen molar-refractivity contribution in [3.8, 4) is 0 Å². The Morgan fingerprint density at radius 3 is 2.71 bits per heavy atom. The zero-order valence-electron chi connectivity index (χ0n) is 13.6. The van der Waals surface area contributed by atoms with E-state index in [1.165, 1.54) is 0 Å². The van der Waals surface area contributed by atoms with Crippen LogP contribution in [0, 0.1) is 13.8 Å². The lowest BCUT2D eigenvalue weighted by molar-refractivity contribution is -0.121. The number of fused-ring (bicyclic) bond motifs is 1. The van der Waals surface area contributed by atoms with Crippen LogP contribution < -0.4 is 5.32 Å². The van der Waals surface area contributed by atoms with Crippen molar-refractivity contribution in [2.45, 2.75) is 33.2 Å². The molecular weight excluding hydrogens is 326 g/mol.